The Balaban J connectivity index is 1.38. The van der Waals surface area contributed by atoms with Gasteiger partial charge in [0.1, 0.15) is 11.8 Å². The zero-order valence-electron chi connectivity index (χ0n) is 21.4. The molecule has 6 N–H and O–H groups in total. The standard InChI is InChI=1S/C27H46N4O3/c1-16(32)20-8-9-21-19-7-6-17-15-18(31-23(24(33)34)5-4-14-30-25(28)29)10-12-26(17,2)22(19)11-13-27(20,21)3/h17-23,31H,4-15H2,1-3H3,(H,33,34)(H4,28,29,30)/t17-,18-,19+,20-,21+,22+,23+,26+,27-/m1/s1. The molecular weight excluding hydrogens is 428 g/mol. The summed E-state index contributed by atoms with van der Waals surface area (Å²) in [6, 6.07) is -0.279. The van der Waals surface area contributed by atoms with Gasteiger partial charge in [-0.05, 0) is 112 Å². The van der Waals surface area contributed by atoms with Crippen LogP contribution in [0.2, 0.25) is 0 Å². The molecule has 34 heavy (non-hydrogen) atoms. The number of ketones is 1. The van der Waals surface area contributed by atoms with Crippen molar-refractivity contribution in [2.24, 2.45) is 56.9 Å². The van der Waals surface area contributed by atoms with Crippen molar-refractivity contribution in [2.75, 3.05) is 6.54 Å². The Morgan fingerprint density at radius 2 is 1.74 bits per heavy atom. The van der Waals surface area contributed by atoms with E-state index in [9.17, 15) is 14.7 Å². The van der Waals surface area contributed by atoms with Gasteiger partial charge < -0.3 is 21.9 Å². The summed E-state index contributed by atoms with van der Waals surface area (Å²) in [6.07, 6.45) is 11.8. The van der Waals surface area contributed by atoms with E-state index in [0.717, 1.165) is 31.1 Å². The predicted octanol–water partition coefficient (Wildman–Crippen LogP) is 3.70. The first kappa shape index (κ1) is 25.5. The molecule has 9 atom stereocenters. The van der Waals surface area contributed by atoms with Crippen LogP contribution in [0.4, 0.5) is 0 Å². The number of aliphatic carboxylic acids is 1. The van der Waals surface area contributed by atoms with Crippen molar-refractivity contribution in [3.8, 4) is 0 Å². The first-order valence-corrected chi connectivity index (χ1v) is 13.6. The molecule has 7 heteroatoms. The van der Waals surface area contributed by atoms with Crippen LogP contribution in [-0.4, -0.2) is 41.4 Å². The van der Waals surface area contributed by atoms with Gasteiger partial charge in [0.25, 0.3) is 0 Å². The van der Waals surface area contributed by atoms with Crippen LogP contribution >= 0.6 is 0 Å². The number of hydrogen-bond acceptors (Lipinski definition) is 4. The van der Waals surface area contributed by atoms with Crippen LogP contribution in [0.5, 0.6) is 0 Å². The molecule has 7 nitrogen and oxygen atoms in total. The minimum Gasteiger partial charge on any atom is -0.480 e. The Kier molecular flexibility index (Phi) is 7.33. The lowest BCUT2D eigenvalue weighted by Gasteiger charge is -2.61. The number of rotatable bonds is 8. The van der Waals surface area contributed by atoms with Gasteiger partial charge in [0.05, 0.1) is 0 Å². The second-order valence-corrected chi connectivity index (χ2v) is 12.4. The lowest BCUT2D eigenvalue weighted by Crippen LogP contribution is -2.56. The maximum absolute atomic E-state index is 12.4. The van der Waals surface area contributed by atoms with Crippen LogP contribution in [0.1, 0.15) is 91.4 Å². The molecule has 0 spiro atoms. The van der Waals surface area contributed by atoms with Crippen molar-refractivity contribution in [3.63, 3.8) is 0 Å². The van der Waals surface area contributed by atoms with Crippen LogP contribution in [0.25, 0.3) is 0 Å². The monoisotopic (exact) mass is 474 g/mol. The number of nitrogens with zero attached hydrogens (tertiary/aromatic N) is 1. The predicted molar refractivity (Wildman–Crippen MR) is 134 cm³/mol. The van der Waals surface area contributed by atoms with Gasteiger partial charge in [-0.25, -0.2) is 0 Å². The molecule has 0 unspecified atom stereocenters. The fraction of sp³-hybridized carbons (Fsp3) is 0.889. The summed E-state index contributed by atoms with van der Waals surface area (Å²) in [6.45, 7) is 7.23. The van der Waals surface area contributed by atoms with E-state index in [2.05, 4.69) is 24.2 Å². The van der Waals surface area contributed by atoms with Gasteiger partial charge in [-0.1, -0.05) is 13.8 Å². The van der Waals surface area contributed by atoms with Gasteiger partial charge in [-0.3, -0.25) is 14.6 Å². The van der Waals surface area contributed by atoms with Crippen molar-refractivity contribution in [1.29, 1.82) is 0 Å². The average Bonchev–Trinajstić information content (AvgIpc) is 3.13. The van der Waals surface area contributed by atoms with E-state index in [1.54, 1.807) is 0 Å². The molecule has 4 aliphatic carbocycles. The van der Waals surface area contributed by atoms with E-state index >= 15 is 0 Å². The van der Waals surface area contributed by atoms with Gasteiger partial charge >= 0.3 is 5.97 Å². The maximum Gasteiger partial charge on any atom is 0.320 e. The molecule has 4 saturated carbocycles. The summed E-state index contributed by atoms with van der Waals surface area (Å²) in [5, 5.41) is 13.2. The van der Waals surface area contributed by atoms with E-state index < -0.39 is 12.0 Å². The number of nitrogens with one attached hydrogen (secondary N) is 1. The van der Waals surface area contributed by atoms with E-state index in [1.165, 1.54) is 38.5 Å². The second kappa shape index (κ2) is 9.79. The van der Waals surface area contributed by atoms with Gasteiger partial charge in [0.2, 0.25) is 0 Å². The van der Waals surface area contributed by atoms with E-state index in [0.29, 0.717) is 42.4 Å². The fourth-order valence-corrected chi connectivity index (χ4v) is 9.14. The number of fused-ring (bicyclic) bond motifs is 5. The maximum atomic E-state index is 12.4. The summed E-state index contributed by atoms with van der Waals surface area (Å²) in [5.74, 6) is 2.82. The van der Waals surface area contributed by atoms with E-state index in [4.69, 9.17) is 11.5 Å². The molecule has 4 rings (SSSR count). The largest absolute Gasteiger partial charge is 0.480 e. The zero-order chi connectivity index (χ0) is 24.7. The minimum absolute atomic E-state index is 0.0550. The number of hydrogen-bond donors (Lipinski definition) is 4. The third-order valence-electron chi connectivity index (χ3n) is 10.8. The number of nitrogens with two attached hydrogens (primary N) is 2. The zero-order valence-corrected chi connectivity index (χ0v) is 21.4. The van der Waals surface area contributed by atoms with Crippen LogP contribution in [-0.2, 0) is 9.59 Å². The van der Waals surface area contributed by atoms with E-state index in [1.807, 2.05) is 6.92 Å². The molecule has 192 valence electrons. The smallest absolute Gasteiger partial charge is 0.320 e. The van der Waals surface area contributed by atoms with E-state index in [-0.39, 0.29) is 23.3 Å². The quantitative estimate of drug-likeness (QED) is 0.241. The lowest BCUT2D eigenvalue weighted by atomic mass is 9.44. The second-order valence-electron chi connectivity index (χ2n) is 12.4. The van der Waals surface area contributed by atoms with Crippen molar-refractivity contribution >= 4 is 17.7 Å². The molecule has 0 radical (unpaired) electrons. The molecule has 0 aliphatic heterocycles. The van der Waals surface area contributed by atoms with Crippen molar-refractivity contribution in [3.05, 3.63) is 0 Å². The molecule has 0 aromatic carbocycles. The highest BCUT2D eigenvalue weighted by Crippen LogP contribution is 2.67. The third-order valence-corrected chi connectivity index (χ3v) is 10.8. The summed E-state index contributed by atoms with van der Waals surface area (Å²) >= 11 is 0. The number of carboxylic acid groups (broad SMARTS) is 1. The fourth-order valence-electron chi connectivity index (χ4n) is 9.14. The minimum atomic E-state index is -0.783. The Bertz CT molecular complexity index is 812. The lowest BCUT2D eigenvalue weighted by molar-refractivity contribution is -0.140. The van der Waals surface area contributed by atoms with Crippen LogP contribution in [0.3, 0.4) is 0 Å². The van der Waals surface area contributed by atoms with Gasteiger partial charge in [-0.15, -0.1) is 0 Å². The van der Waals surface area contributed by atoms with Gasteiger partial charge in [0, 0.05) is 18.5 Å². The summed E-state index contributed by atoms with van der Waals surface area (Å²) in [7, 11) is 0. The van der Waals surface area contributed by atoms with Crippen LogP contribution in [0.15, 0.2) is 4.99 Å². The van der Waals surface area contributed by atoms with Gasteiger partial charge in [-0.2, -0.15) is 0 Å². The molecular formula is C27H46N4O3. The molecule has 4 fully saturated rings. The highest BCUT2D eigenvalue weighted by molar-refractivity contribution is 5.79. The van der Waals surface area contributed by atoms with Gasteiger partial charge in [0.15, 0.2) is 5.96 Å². The Morgan fingerprint density at radius 3 is 2.41 bits per heavy atom. The Hall–Kier alpha value is -1.63. The molecule has 0 bridgehead atoms. The molecule has 4 aliphatic rings. The molecule has 0 amide bonds. The number of carbonyl (C=O) groups excluding carboxylic acids is 1. The highest BCUT2D eigenvalue weighted by Gasteiger charge is 2.60. The first-order chi connectivity index (χ1) is 16.1. The number of Topliss-reactive ketones (excluding diaryl/α,β-unsaturated/α-hetero) is 1. The number of carbonyl (C=O) groups is 2. The highest BCUT2D eigenvalue weighted by atomic mass is 16.4. The van der Waals surface area contributed by atoms with Crippen molar-refractivity contribution < 1.29 is 14.7 Å². The Labute approximate surface area is 204 Å². The number of carboxylic acids is 1. The van der Waals surface area contributed by atoms with Crippen molar-refractivity contribution in [1.82, 2.24) is 5.32 Å². The summed E-state index contributed by atoms with van der Waals surface area (Å²) in [5.41, 5.74) is 11.3. The van der Waals surface area contributed by atoms with Crippen molar-refractivity contribution in [2.45, 2.75) is 103 Å². The Morgan fingerprint density at radius 1 is 1.03 bits per heavy atom. The molecule has 0 aromatic rings. The van der Waals surface area contributed by atoms with Crippen LogP contribution < -0.4 is 16.8 Å². The topological polar surface area (TPSA) is 131 Å². The number of aliphatic imine (C=N–C) groups is 1. The molecule has 0 aromatic heterocycles. The third kappa shape index (κ3) is 4.61. The average molecular weight is 475 g/mol. The first-order valence-electron chi connectivity index (χ1n) is 13.6. The molecule has 0 saturated heterocycles. The SMILES string of the molecule is CC(=O)[C@H]1CC[C@H]2[C@@H]3CC[C@@H]4C[C@H](N[C@@H](CCCN=C(N)N)C(=O)O)CC[C@]4(C)[C@H]3CC[C@]12C. The summed E-state index contributed by atoms with van der Waals surface area (Å²) < 4.78 is 0. The van der Waals surface area contributed by atoms with Crippen LogP contribution in [0, 0.1) is 40.4 Å². The normalized spacial score (nSPS) is 42.1. The summed E-state index contributed by atoms with van der Waals surface area (Å²) in [4.78, 5) is 28.2. The molecule has 0 heterocycles. The number of guanidine groups is 1.